The van der Waals surface area contributed by atoms with E-state index in [1.54, 1.807) is 36.4 Å². The number of hydrogen-bond acceptors (Lipinski definition) is 3. The lowest BCUT2D eigenvalue weighted by atomic mass is 9.79. The number of anilines is 1. The Morgan fingerprint density at radius 2 is 1.74 bits per heavy atom. The van der Waals surface area contributed by atoms with E-state index in [1.165, 1.54) is 19.1 Å². The molecule has 3 rings (SSSR count). The summed E-state index contributed by atoms with van der Waals surface area (Å²) >= 11 is 6.04. The van der Waals surface area contributed by atoms with Gasteiger partial charge in [0, 0.05) is 0 Å². The quantitative estimate of drug-likeness (QED) is 0.743. The van der Waals surface area contributed by atoms with Gasteiger partial charge in [-0.3, -0.25) is 9.59 Å². The number of rotatable bonds is 5. The van der Waals surface area contributed by atoms with Gasteiger partial charge in [0.1, 0.15) is 5.82 Å². The number of halogens is 2. The molecule has 1 N–H and O–H groups in total. The Kier molecular flexibility index (Phi) is 5.80. The van der Waals surface area contributed by atoms with Crippen molar-refractivity contribution in [2.75, 3.05) is 5.32 Å². The summed E-state index contributed by atoms with van der Waals surface area (Å²) in [7, 11) is 0. The van der Waals surface area contributed by atoms with Gasteiger partial charge in [-0.2, -0.15) is 0 Å². The normalized spacial score (nSPS) is 16.6. The number of carbonyl (C=O) groups excluding carboxylic acids is 2. The summed E-state index contributed by atoms with van der Waals surface area (Å²) in [5, 5.41) is 3.07. The first-order valence-corrected chi connectivity index (χ1v) is 9.33. The minimum Gasteiger partial charge on any atom is -0.452 e. The molecular formula is C21H21ClFNO3. The zero-order valence-corrected chi connectivity index (χ0v) is 15.8. The van der Waals surface area contributed by atoms with Crippen LogP contribution in [0.3, 0.4) is 0 Å². The van der Waals surface area contributed by atoms with Crippen molar-refractivity contribution in [3.63, 3.8) is 0 Å². The van der Waals surface area contributed by atoms with Crippen LogP contribution < -0.4 is 5.32 Å². The molecule has 0 radical (unpaired) electrons. The second kappa shape index (κ2) is 8.09. The smallest absolute Gasteiger partial charge is 0.317 e. The molecular weight excluding hydrogens is 369 g/mol. The van der Waals surface area contributed by atoms with Gasteiger partial charge in [0.2, 0.25) is 0 Å². The third-order valence-corrected chi connectivity index (χ3v) is 5.36. The molecule has 1 fully saturated rings. The summed E-state index contributed by atoms with van der Waals surface area (Å²) in [6.07, 6.45) is 2.03. The lowest BCUT2D eigenvalue weighted by Crippen LogP contribution is -2.39. The Balaban J connectivity index is 1.73. The average molecular weight is 390 g/mol. The molecule has 0 saturated heterocycles. The lowest BCUT2D eigenvalue weighted by Gasteiger charge is -2.28. The van der Waals surface area contributed by atoms with Crippen molar-refractivity contribution >= 4 is 29.2 Å². The van der Waals surface area contributed by atoms with Gasteiger partial charge in [-0.25, -0.2) is 4.39 Å². The van der Waals surface area contributed by atoms with E-state index in [1.807, 2.05) is 0 Å². The van der Waals surface area contributed by atoms with Crippen molar-refractivity contribution in [2.24, 2.45) is 0 Å². The first kappa shape index (κ1) is 19.4. The van der Waals surface area contributed by atoms with Crippen LogP contribution in [0, 0.1) is 5.82 Å². The molecule has 2 aromatic rings. The van der Waals surface area contributed by atoms with E-state index < -0.39 is 23.4 Å². The van der Waals surface area contributed by atoms with E-state index in [9.17, 15) is 14.0 Å². The molecule has 1 atom stereocenters. The van der Waals surface area contributed by atoms with E-state index in [-0.39, 0.29) is 5.82 Å². The van der Waals surface area contributed by atoms with Crippen LogP contribution >= 0.6 is 11.6 Å². The highest BCUT2D eigenvalue weighted by molar-refractivity contribution is 6.33. The number of nitrogens with one attached hydrogen (secondary N) is 1. The molecule has 1 amide bonds. The molecule has 1 aliphatic rings. The molecule has 1 aliphatic carbocycles. The zero-order valence-electron chi connectivity index (χ0n) is 15.0. The molecule has 142 valence electrons. The van der Waals surface area contributed by atoms with Gasteiger partial charge in [0.15, 0.2) is 6.10 Å². The molecule has 6 heteroatoms. The van der Waals surface area contributed by atoms with Crippen LogP contribution in [-0.2, 0) is 19.7 Å². The molecule has 27 heavy (non-hydrogen) atoms. The topological polar surface area (TPSA) is 55.4 Å². The maximum atomic E-state index is 13.3. The summed E-state index contributed by atoms with van der Waals surface area (Å²) in [6.45, 7) is 1.53. The van der Waals surface area contributed by atoms with Gasteiger partial charge >= 0.3 is 5.97 Å². The van der Waals surface area contributed by atoms with Crippen LogP contribution in [0.25, 0.3) is 0 Å². The second-order valence-corrected chi connectivity index (χ2v) is 7.22. The lowest BCUT2D eigenvalue weighted by molar-refractivity contribution is -0.159. The van der Waals surface area contributed by atoms with Crippen molar-refractivity contribution in [3.05, 3.63) is 64.9 Å². The molecule has 0 spiro atoms. The Hall–Kier alpha value is -2.40. The standard InChI is InChI=1S/C21H21ClFNO3/c1-14(19(25)24-18-7-3-2-6-17(18)22)27-20(26)21(12-4-5-13-21)15-8-10-16(23)11-9-15/h2-3,6-11,14H,4-5,12-13H2,1H3,(H,24,25)/t14-/m1/s1. The third-order valence-electron chi connectivity index (χ3n) is 5.03. The highest BCUT2D eigenvalue weighted by Crippen LogP contribution is 2.42. The fraction of sp³-hybridized carbons (Fsp3) is 0.333. The number of benzene rings is 2. The van der Waals surface area contributed by atoms with Gasteiger partial charge in [0.05, 0.1) is 16.1 Å². The van der Waals surface area contributed by atoms with E-state index in [0.29, 0.717) is 23.6 Å². The SMILES string of the molecule is C[C@@H](OC(=O)C1(c2ccc(F)cc2)CCCC1)C(=O)Nc1ccccc1Cl. The molecule has 1 saturated carbocycles. The van der Waals surface area contributed by atoms with E-state index in [4.69, 9.17) is 16.3 Å². The maximum absolute atomic E-state index is 13.3. The fourth-order valence-corrected chi connectivity index (χ4v) is 3.66. The summed E-state index contributed by atoms with van der Waals surface area (Å²) in [5.41, 5.74) is 0.360. The minimum absolute atomic E-state index is 0.354. The van der Waals surface area contributed by atoms with Crippen molar-refractivity contribution in [3.8, 4) is 0 Å². The third kappa shape index (κ3) is 4.14. The second-order valence-electron chi connectivity index (χ2n) is 6.81. The predicted molar refractivity (Wildman–Crippen MR) is 102 cm³/mol. The fourth-order valence-electron chi connectivity index (χ4n) is 3.48. The number of ether oxygens (including phenoxy) is 1. The minimum atomic E-state index is -0.980. The number of amides is 1. The molecule has 4 nitrogen and oxygen atoms in total. The summed E-state index contributed by atoms with van der Waals surface area (Å²) in [4.78, 5) is 25.4. The van der Waals surface area contributed by atoms with Gasteiger partial charge in [0.25, 0.3) is 5.91 Å². The van der Waals surface area contributed by atoms with E-state index in [0.717, 1.165) is 18.4 Å². The van der Waals surface area contributed by atoms with E-state index >= 15 is 0 Å². The number of hydrogen-bond donors (Lipinski definition) is 1. The van der Waals surface area contributed by atoms with Crippen molar-refractivity contribution in [1.82, 2.24) is 0 Å². The Morgan fingerprint density at radius 3 is 2.37 bits per heavy atom. The molecule has 2 aromatic carbocycles. The number of carbonyl (C=O) groups is 2. The van der Waals surface area contributed by atoms with Crippen molar-refractivity contribution < 1.29 is 18.7 Å². The Labute approximate surface area is 162 Å². The predicted octanol–water partition coefficient (Wildman–Crippen LogP) is 4.86. The number of para-hydroxylation sites is 1. The van der Waals surface area contributed by atoms with Gasteiger partial charge < -0.3 is 10.1 Å². The van der Waals surface area contributed by atoms with Crippen LogP contribution in [0.5, 0.6) is 0 Å². The van der Waals surface area contributed by atoms with Crippen LogP contribution in [0.2, 0.25) is 5.02 Å². The first-order valence-electron chi connectivity index (χ1n) is 8.95. The van der Waals surface area contributed by atoms with Crippen LogP contribution in [0.15, 0.2) is 48.5 Å². The van der Waals surface area contributed by atoms with Gasteiger partial charge in [-0.1, -0.05) is 48.7 Å². The molecule has 0 unspecified atom stereocenters. The highest BCUT2D eigenvalue weighted by atomic mass is 35.5. The van der Waals surface area contributed by atoms with Gasteiger partial charge in [-0.05, 0) is 49.6 Å². The zero-order chi connectivity index (χ0) is 19.4. The van der Waals surface area contributed by atoms with E-state index in [2.05, 4.69) is 5.32 Å². The highest BCUT2D eigenvalue weighted by Gasteiger charge is 2.45. The van der Waals surface area contributed by atoms with Crippen molar-refractivity contribution in [2.45, 2.75) is 44.1 Å². The molecule has 0 aromatic heterocycles. The summed E-state index contributed by atoms with van der Waals surface area (Å²) < 4.78 is 18.8. The monoisotopic (exact) mass is 389 g/mol. The first-order chi connectivity index (χ1) is 12.9. The van der Waals surface area contributed by atoms with Crippen LogP contribution in [0.4, 0.5) is 10.1 Å². The van der Waals surface area contributed by atoms with Gasteiger partial charge in [-0.15, -0.1) is 0 Å². The largest absolute Gasteiger partial charge is 0.452 e. The average Bonchev–Trinajstić information content (AvgIpc) is 3.15. The Bertz CT molecular complexity index is 832. The number of esters is 1. The van der Waals surface area contributed by atoms with Crippen molar-refractivity contribution in [1.29, 1.82) is 0 Å². The maximum Gasteiger partial charge on any atom is 0.317 e. The molecule has 0 bridgehead atoms. The Morgan fingerprint density at radius 1 is 1.11 bits per heavy atom. The van der Waals surface area contributed by atoms with Crippen LogP contribution in [0.1, 0.15) is 38.2 Å². The van der Waals surface area contributed by atoms with Crippen LogP contribution in [-0.4, -0.2) is 18.0 Å². The molecule has 0 heterocycles. The summed E-state index contributed by atoms with van der Waals surface area (Å²) in [6, 6.07) is 12.8. The summed E-state index contributed by atoms with van der Waals surface area (Å²) in [5.74, 6) is -1.26. The molecule has 0 aliphatic heterocycles.